The highest BCUT2D eigenvalue weighted by Crippen LogP contribution is 2.24. The van der Waals surface area contributed by atoms with Gasteiger partial charge in [0, 0.05) is 18.6 Å². The summed E-state index contributed by atoms with van der Waals surface area (Å²) in [7, 11) is 0. The molecule has 1 rings (SSSR count). The summed E-state index contributed by atoms with van der Waals surface area (Å²) in [4.78, 5) is 12.8. The monoisotopic (exact) mass is 267 g/mol. The number of rotatable bonds is 6. The Balaban J connectivity index is 2.88. The summed E-state index contributed by atoms with van der Waals surface area (Å²) in [6, 6.07) is 5.40. The van der Waals surface area contributed by atoms with Crippen LogP contribution >= 0.6 is 0 Å². The van der Waals surface area contributed by atoms with Crippen molar-refractivity contribution in [1.29, 1.82) is 0 Å². The van der Waals surface area contributed by atoms with Crippen molar-refractivity contribution in [2.24, 2.45) is 0 Å². The van der Waals surface area contributed by atoms with Gasteiger partial charge in [-0.1, -0.05) is 12.1 Å². The molecule has 0 radical (unpaired) electrons. The van der Waals surface area contributed by atoms with E-state index in [9.17, 15) is 9.18 Å². The van der Waals surface area contributed by atoms with Gasteiger partial charge in [0.05, 0.1) is 6.42 Å². The molecule has 0 heterocycles. The molecule has 0 saturated heterocycles. The predicted molar refractivity (Wildman–Crippen MR) is 73.6 cm³/mol. The molecule has 1 aromatic rings. The number of hydrogen-bond donors (Lipinski definition) is 1. The molecule has 1 atom stereocenters. The van der Waals surface area contributed by atoms with E-state index in [4.69, 9.17) is 5.11 Å². The van der Waals surface area contributed by atoms with E-state index in [1.807, 2.05) is 26.8 Å². The molecule has 0 spiro atoms. The first kappa shape index (κ1) is 15.6. The minimum absolute atomic E-state index is 0.00514. The summed E-state index contributed by atoms with van der Waals surface area (Å²) >= 11 is 0. The Labute approximate surface area is 114 Å². The van der Waals surface area contributed by atoms with Crippen LogP contribution in [0.5, 0.6) is 0 Å². The van der Waals surface area contributed by atoms with E-state index in [2.05, 4.69) is 4.90 Å². The number of nitrogens with zero attached hydrogens (tertiary/aromatic N) is 1. The topological polar surface area (TPSA) is 40.5 Å². The largest absolute Gasteiger partial charge is 0.481 e. The zero-order chi connectivity index (χ0) is 14.6. The van der Waals surface area contributed by atoms with Gasteiger partial charge in [-0.3, -0.25) is 9.69 Å². The number of carbonyl (C=O) groups is 1. The summed E-state index contributed by atoms with van der Waals surface area (Å²) < 4.78 is 13.6. The minimum Gasteiger partial charge on any atom is -0.481 e. The van der Waals surface area contributed by atoms with Crippen LogP contribution in [0.3, 0.4) is 0 Å². The first-order chi connectivity index (χ1) is 8.82. The molecule has 1 N–H and O–H groups in total. The SMILES string of the molecule is Cc1ccc(C(C)N(CCC(=O)O)C(C)C)cc1F. The average Bonchev–Trinajstić information content (AvgIpc) is 2.31. The lowest BCUT2D eigenvalue weighted by molar-refractivity contribution is -0.137. The third-order valence-electron chi connectivity index (χ3n) is 3.42. The molecule has 0 aliphatic heterocycles. The number of halogens is 1. The molecular formula is C15H22FNO2. The van der Waals surface area contributed by atoms with Gasteiger partial charge in [0.25, 0.3) is 0 Å². The molecule has 0 bridgehead atoms. The fourth-order valence-corrected chi connectivity index (χ4v) is 2.18. The second-order valence-corrected chi connectivity index (χ2v) is 5.16. The molecule has 4 heteroatoms. The maximum absolute atomic E-state index is 13.6. The minimum atomic E-state index is -0.812. The van der Waals surface area contributed by atoms with Crippen molar-refractivity contribution in [3.8, 4) is 0 Å². The van der Waals surface area contributed by atoms with Gasteiger partial charge >= 0.3 is 5.97 Å². The number of carboxylic acids is 1. The molecule has 0 aliphatic carbocycles. The van der Waals surface area contributed by atoms with Gasteiger partial charge in [-0.2, -0.15) is 0 Å². The summed E-state index contributed by atoms with van der Waals surface area (Å²) in [6.45, 7) is 8.20. The number of carboxylic acid groups (broad SMARTS) is 1. The van der Waals surface area contributed by atoms with Crippen LogP contribution in [0.1, 0.15) is 44.4 Å². The van der Waals surface area contributed by atoms with Crippen molar-refractivity contribution in [3.05, 3.63) is 35.1 Å². The lowest BCUT2D eigenvalue weighted by atomic mass is 10.0. The van der Waals surface area contributed by atoms with Crippen molar-refractivity contribution in [2.45, 2.75) is 46.2 Å². The van der Waals surface area contributed by atoms with Gasteiger partial charge in [0.15, 0.2) is 0 Å². The highest BCUT2D eigenvalue weighted by atomic mass is 19.1. The molecule has 0 saturated carbocycles. The number of benzene rings is 1. The van der Waals surface area contributed by atoms with E-state index in [0.717, 1.165) is 5.56 Å². The first-order valence-corrected chi connectivity index (χ1v) is 6.56. The Kier molecular flexibility index (Phi) is 5.48. The smallest absolute Gasteiger partial charge is 0.304 e. The third kappa shape index (κ3) is 4.31. The molecule has 0 aliphatic rings. The van der Waals surface area contributed by atoms with E-state index >= 15 is 0 Å². The van der Waals surface area contributed by atoms with E-state index < -0.39 is 5.97 Å². The molecular weight excluding hydrogens is 245 g/mol. The van der Waals surface area contributed by atoms with Crippen molar-refractivity contribution in [1.82, 2.24) is 4.90 Å². The number of aryl methyl sites for hydroxylation is 1. The Morgan fingerprint density at radius 2 is 2.00 bits per heavy atom. The molecule has 0 fully saturated rings. The quantitative estimate of drug-likeness (QED) is 0.859. The first-order valence-electron chi connectivity index (χ1n) is 6.56. The van der Waals surface area contributed by atoms with Gasteiger partial charge in [-0.05, 0) is 44.9 Å². The fourth-order valence-electron chi connectivity index (χ4n) is 2.18. The van der Waals surface area contributed by atoms with Gasteiger partial charge in [0.1, 0.15) is 5.82 Å². The Morgan fingerprint density at radius 3 is 2.47 bits per heavy atom. The van der Waals surface area contributed by atoms with E-state index in [-0.39, 0.29) is 24.3 Å². The van der Waals surface area contributed by atoms with Crippen LogP contribution < -0.4 is 0 Å². The van der Waals surface area contributed by atoms with Crippen LogP contribution in [0, 0.1) is 12.7 Å². The van der Waals surface area contributed by atoms with Gasteiger partial charge in [-0.15, -0.1) is 0 Å². The van der Waals surface area contributed by atoms with Crippen molar-refractivity contribution in [3.63, 3.8) is 0 Å². The van der Waals surface area contributed by atoms with Crippen LogP contribution in [-0.2, 0) is 4.79 Å². The summed E-state index contributed by atoms with van der Waals surface area (Å²) in [6.07, 6.45) is 0.0941. The second-order valence-electron chi connectivity index (χ2n) is 5.16. The fraction of sp³-hybridized carbons (Fsp3) is 0.533. The molecule has 3 nitrogen and oxygen atoms in total. The van der Waals surface area contributed by atoms with Crippen LogP contribution in [0.15, 0.2) is 18.2 Å². The lowest BCUT2D eigenvalue weighted by Gasteiger charge is -2.32. The molecule has 0 aromatic heterocycles. The van der Waals surface area contributed by atoms with E-state index in [0.29, 0.717) is 12.1 Å². The zero-order valence-corrected chi connectivity index (χ0v) is 12.0. The van der Waals surface area contributed by atoms with Gasteiger partial charge in [-0.25, -0.2) is 4.39 Å². The van der Waals surface area contributed by atoms with E-state index in [1.165, 1.54) is 6.07 Å². The molecule has 1 unspecified atom stereocenters. The summed E-state index contributed by atoms with van der Waals surface area (Å²) in [5.74, 6) is -1.03. The Hall–Kier alpha value is -1.42. The molecule has 1 aromatic carbocycles. The van der Waals surface area contributed by atoms with Gasteiger partial charge in [0.2, 0.25) is 0 Å². The molecule has 0 amide bonds. The van der Waals surface area contributed by atoms with Crippen LogP contribution in [0.2, 0.25) is 0 Å². The second kappa shape index (κ2) is 6.66. The van der Waals surface area contributed by atoms with Crippen molar-refractivity contribution >= 4 is 5.97 Å². The van der Waals surface area contributed by atoms with E-state index in [1.54, 1.807) is 13.0 Å². The Bertz CT molecular complexity index is 446. The highest BCUT2D eigenvalue weighted by Gasteiger charge is 2.20. The summed E-state index contributed by atoms with van der Waals surface area (Å²) in [5.41, 5.74) is 1.50. The Morgan fingerprint density at radius 1 is 1.37 bits per heavy atom. The van der Waals surface area contributed by atoms with Crippen LogP contribution in [0.25, 0.3) is 0 Å². The van der Waals surface area contributed by atoms with Crippen LogP contribution in [-0.4, -0.2) is 28.6 Å². The maximum atomic E-state index is 13.6. The normalized spacial score (nSPS) is 13.0. The van der Waals surface area contributed by atoms with Crippen molar-refractivity contribution in [2.75, 3.05) is 6.54 Å². The maximum Gasteiger partial charge on any atom is 0.304 e. The van der Waals surface area contributed by atoms with Gasteiger partial charge < -0.3 is 5.11 Å². The highest BCUT2D eigenvalue weighted by molar-refractivity contribution is 5.66. The number of aliphatic carboxylic acids is 1. The predicted octanol–water partition coefficient (Wildman–Crippen LogP) is 3.38. The summed E-state index contributed by atoms with van der Waals surface area (Å²) in [5, 5.41) is 8.79. The third-order valence-corrected chi connectivity index (χ3v) is 3.42. The average molecular weight is 267 g/mol. The zero-order valence-electron chi connectivity index (χ0n) is 12.0. The van der Waals surface area contributed by atoms with Crippen LogP contribution in [0.4, 0.5) is 4.39 Å². The molecule has 19 heavy (non-hydrogen) atoms. The van der Waals surface area contributed by atoms with Crippen molar-refractivity contribution < 1.29 is 14.3 Å². The lowest BCUT2D eigenvalue weighted by Crippen LogP contribution is -2.35. The standard InChI is InChI=1S/C15H22FNO2/c1-10(2)17(8-7-15(18)19)12(4)13-6-5-11(3)14(16)9-13/h5-6,9-10,12H,7-8H2,1-4H3,(H,18,19). The molecule has 106 valence electrons. The number of hydrogen-bond acceptors (Lipinski definition) is 2.